The van der Waals surface area contributed by atoms with Crippen LogP contribution in [0.15, 0.2) is 6.07 Å². The zero-order chi connectivity index (χ0) is 11.5. The van der Waals surface area contributed by atoms with E-state index in [0.29, 0.717) is 11.9 Å². The molecule has 0 spiro atoms. The number of thioether (sulfide) groups is 1. The van der Waals surface area contributed by atoms with Gasteiger partial charge in [0.1, 0.15) is 11.6 Å². The fourth-order valence-electron chi connectivity index (χ4n) is 1.74. The molecule has 1 aromatic heterocycles. The lowest BCUT2D eigenvalue weighted by molar-refractivity contribution is 0.689. The van der Waals surface area contributed by atoms with Crippen molar-refractivity contribution in [2.45, 2.75) is 13.0 Å². The lowest BCUT2D eigenvalue weighted by Crippen LogP contribution is -2.41. The number of aromatic nitrogens is 2. The van der Waals surface area contributed by atoms with Crippen LogP contribution in [0.2, 0.25) is 0 Å². The van der Waals surface area contributed by atoms with Gasteiger partial charge in [0.15, 0.2) is 0 Å². The van der Waals surface area contributed by atoms with E-state index in [9.17, 15) is 0 Å². The Kier molecular flexibility index (Phi) is 3.35. The predicted octanol–water partition coefficient (Wildman–Crippen LogP) is 0.286. The maximum absolute atomic E-state index is 5.64. The average Bonchev–Trinajstić information content (AvgIpc) is 2.28. The monoisotopic (exact) mass is 240 g/mol. The maximum atomic E-state index is 5.64. The van der Waals surface area contributed by atoms with Gasteiger partial charge in [0.2, 0.25) is 5.95 Å². The van der Waals surface area contributed by atoms with Crippen LogP contribution in [0.4, 0.5) is 17.6 Å². The summed E-state index contributed by atoms with van der Waals surface area (Å²) >= 11 is 1.96. The minimum absolute atomic E-state index is 0.246. The van der Waals surface area contributed by atoms with Gasteiger partial charge in [0.05, 0.1) is 0 Å². The van der Waals surface area contributed by atoms with Crippen LogP contribution in [-0.4, -0.2) is 34.1 Å². The SMILES string of the molecule is CC1CSCCN1c1cc(NN)nc(N)n1. The summed E-state index contributed by atoms with van der Waals surface area (Å²) in [5, 5.41) is 0. The first kappa shape index (κ1) is 11.3. The van der Waals surface area contributed by atoms with Crippen LogP contribution in [0.1, 0.15) is 6.92 Å². The molecule has 1 fully saturated rings. The number of rotatable bonds is 2. The summed E-state index contributed by atoms with van der Waals surface area (Å²) in [6, 6.07) is 2.28. The van der Waals surface area contributed by atoms with E-state index in [1.807, 2.05) is 17.8 Å². The van der Waals surface area contributed by atoms with E-state index in [1.165, 1.54) is 0 Å². The molecule has 88 valence electrons. The Morgan fingerprint density at radius 1 is 1.56 bits per heavy atom. The molecule has 0 bridgehead atoms. The molecule has 0 aromatic carbocycles. The zero-order valence-corrected chi connectivity index (χ0v) is 10.00. The van der Waals surface area contributed by atoms with Crippen LogP contribution in [0.3, 0.4) is 0 Å². The normalized spacial score (nSPS) is 20.9. The summed E-state index contributed by atoms with van der Waals surface area (Å²) in [6.07, 6.45) is 0. The van der Waals surface area contributed by atoms with E-state index >= 15 is 0 Å². The van der Waals surface area contributed by atoms with E-state index in [1.54, 1.807) is 0 Å². The van der Waals surface area contributed by atoms with Gasteiger partial charge in [-0.3, -0.25) is 0 Å². The standard InChI is InChI=1S/C9H16N6S/c1-6-5-16-3-2-15(6)8-4-7(14-11)12-9(10)13-8/h4,6H,2-3,5,11H2,1H3,(H3,10,12,13,14). The molecule has 1 aromatic rings. The van der Waals surface area contributed by atoms with Gasteiger partial charge < -0.3 is 16.1 Å². The number of nitrogen functional groups attached to an aromatic ring is 2. The number of nitrogens with two attached hydrogens (primary N) is 2. The van der Waals surface area contributed by atoms with Crippen LogP contribution < -0.4 is 21.9 Å². The molecule has 5 N–H and O–H groups in total. The highest BCUT2D eigenvalue weighted by atomic mass is 32.2. The zero-order valence-electron chi connectivity index (χ0n) is 9.18. The number of hydrogen-bond donors (Lipinski definition) is 3. The lowest BCUT2D eigenvalue weighted by atomic mass is 10.3. The fourth-order valence-corrected chi connectivity index (χ4v) is 2.75. The van der Waals surface area contributed by atoms with E-state index in [-0.39, 0.29) is 5.95 Å². The molecular weight excluding hydrogens is 224 g/mol. The summed E-state index contributed by atoms with van der Waals surface area (Å²) in [6.45, 7) is 3.16. The highest BCUT2D eigenvalue weighted by molar-refractivity contribution is 7.99. The van der Waals surface area contributed by atoms with Crippen molar-refractivity contribution in [1.29, 1.82) is 0 Å². The van der Waals surface area contributed by atoms with Crippen LogP contribution in [-0.2, 0) is 0 Å². The molecule has 1 unspecified atom stereocenters. The Balaban J connectivity index is 2.27. The summed E-state index contributed by atoms with van der Waals surface area (Å²) in [4.78, 5) is 10.4. The number of hydrogen-bond acceptors (Lipinski definition) is 7. The molecule has 6 nitrogen and oxygen atoms in total. The number of nitrogens with one attached hydrogen (secondary N) is 1. The van der Waals surface area contributed by atoms with Gasteiger partial charge in [0, 0.05) is 30.2 Å². The van der Waals surface area contributed by atoms with Crippen molar-refractivity contribution in [3.8, 4) is 0 Å². The van der Waals surface area contributed by atoms with Crippen LogP contribution >= 0.6 is 11.8 Å². The molecule has 0 saturated carbocycles. The summed E-state index contributed by atoms with van der Waals surface area (Å²) in [5.74, 6) is 9.19. The van der Waals surface area contributed by atoms with Crippen LogP contribution in [0.25, 0.3) is 0 Å². The van der Waals surface area contributed by atoms with Gasteiger partial charge in [-0.1, -0.05) is 0 Å². The first-order valence-corrected chi connectivity index (χ1v) is 6.31. The predicted molar refractivity (Wildman–Crippen MR) is 68.4 cm³/mol. The average molecular weight is 240 g/mol. The number of nitrogens with zero attached hydrogens (tertiary/aromatic N) is 3. The quantitative estimate of drug-likeness (QED) is 0.505. The molecule has 0 amide bonds. The van der Waals surface area contributed by atoms with Crippen molar-refractivity contribution in [3.63, 3.8) is 0 Å². The highest BCUT2D eigenvalue weighted by Gasteiger charge is 2.20. The van der Waals surface area contributed by atoms with Gasteiger partial charge in [-0.05, 0) is 6.92 Å². The van der Waals surface area contributed by atoms with Gasteiger partial charge in [0.25, 0.3) is 0 Å². The highest BCUT2D eigenvalue weighted by Crippen LogP contribution is 2.24. The molecule has 2 heterocycles. The topological polar surface area (TPSA) is 93.1 Å². The second-order valence-corrected chi connectivity index (χ2v) is 4.88. The largest absolute Gasteiger partial charge is 0.368 e. The van der Waals surface area contributed by atoms with E-state index < -0.39 is 0 Å². The van der Waals surface area contributed by atoms with Gasteiger partial charge >= 0.3 is 0 Å². The van der Waals surface area contributed by atoms with Crippen molar-refractivity contribution in [2.75, 3.05) is 34.1 Å². The molecule has 7 heteroatoms. The first-order chi connectivity index (χ1) is 7.70. The summed E-state index contributed by atoms with van der Waals surface area (Å²) in [7, 11) is 0. The summed E-state index contributed by atoms with van der Waals surface area (Å²) < 4.78 is 0. The minimum atomic E-state index is 0.246. The summed E-state index contributed by atoms with van der Waals surface area (Å²) in [5.41, 5.74) is 8.14. The fraction of sp³-hybridized carbons (Fsp3) is 0.556. The van der Waals surface area contributed by atoms with Gasteiger partial charge in [-0.15, -0.1) is 0 Å². The Labute approximate surface area is 98.8 Å². The Morgan fingerprint density at radius 3 is 3.06 bits per heavy atom. The van der Waals surface area contributed by atoms with Crippen molar-refractivity contribution in [3.05, 3.63) is 6.07 Å². The van der Waals surface area contributed by atoms with Gasteiger partial charge in [-0.25, -0.2) is 5.84 Å². The maximum Gasteiger partial charge on any atom is 0.223 e. The molecule has 0 radical (unpaired) electrons. The molecular formula is C9H16N6S. The van der Waals surface area contributed by atoms with Gasteiger partial charge in [-0.2, -0.15) is 21.7 Å². The minimum Gasteiger partial charge on any atom is -0.368 e. The molecule has 16 heavy (non-hydrogen) atoms. The molecule has 1 aliphatic rings. The van der Waals surface area contributed by atoms with Crippen LogP contribution in [0, 0.1) is 0 Å². The second-order valence-electron chi connectivity index (χ2n) is 3.73. The Bertz CT molecular complexity index is 371. The lowest BCUT2D eigenvalue weighted by Gasteiger charge is -2.34. The second kappa shape index (κ2) is 4.75. The molecule has 0 aliphatic carbocycles. The first-order valence-electron chi connectivity index (χ1n) is 5.16. The van der Waals surface area contributed by atoms with Crippen molar-refractivity contribution >= 4 is 29.3 Å². The van der Waals surface area contributed by atoms with Crippen molar-refractivity contribution < 1.29 is 0 Å². The molecule has 2 rings (SSSR count). The van der Waals surface area contributed by atoms with E-state index in [4.69, 9.17) is 11.6 Å². The smallest absolute Gasteiger partial charge is 0.223 e. The third-order valence-corrected chi connectivity index (χ3v) is 3.73. The third kappa shape index (κ3) is 2.30. The molecule has 1 aliphatic heterocycles. The van der Waals surface area contributed by atoms with E-state index in [0.717, 1.165) is 23.9 Å². The number of anilines is 3. The number of hydrazine groups is 1. The van der Waals surface area contributed by atoms with Crippen molar-refractivity contribution in [2.24, 2.45) is 5.84 Å². The Morgan fingerprint density at radius 2 is 2.38 bits per heavy atom. The van der Waals surface area contributed by atoms with E-state index in [2.05, 4.69) is 27.2 Å². The molecule has 1 atom stereocenters. The van der Waals surface area contributed by atoms with Crippen LogP contribution in [0.5, 0.6) is 0 Å². The Hall–Kier alpha value is -1.21. The van der Waals surface area contributed by atoms with Crippen molar-refractivity contribution in [1.82, 2.24) is 9.97 Å². The third-order valence-electron chi connectivity index (χ3n) is 2.54. The molecule has 1 saturated heterocycles.